The summed E-state index contributed by atoms with van der Waals surface area (Å²) in [5.41, 5.74) is -0.188. The summed E-state index contributed by atoms with van der Waals surface area (Å²) < 4.78 is 4.91. The predicted octanol–water partition coefficient (Wildman–Crippen LogP) is 1.81. The van der Waals surface area contributed by atoms with Crippen LogP contribution in [-0.4, -0.2) is 26.6 Å². The summed E-state index contributed by atoms with van der Waals surface area (Å²) in [6.07, 6.45) is 3.58. The minimum absolute atomic E-state index is 0.139. The van der Waals surface area contributed by atoms with Crippen molar-refractivity contribution in [2.45, 2.75) is 19.9 Å². The van der Waals surface area contributed by atoms with E-state index < -0.39 is 4.92 Å². The normalized spacial score (nSPS) is 10.2. The molecule has 0 atom stereocenters. The van der Waals surface area contributed by atoms with E-state index in [0.717, 1.165) is 6.42 Å². The highest BCUT2D eigenvalue weighted by molar-refractivity contribution is 5.56. The number of hydrogen-bond donors (Lipinski definition) is 2. The van der Waals surface area contributed by atoms with Crippen LogP contribution in [0.4, 0.5) is 17.5 Å². The van der Waals surface area contributed by atoms with E-state index in [9.17, 15) is 10.1 Å². The zero-order chi connectivity index (χ0) is 14.4. The molecule has 0 bridgehead atoms. The van der Waals surface area contributed by atoms with Crippen molar-refractivity contribution < 1.29 is 9.45 Å². The second-order valence-corrected chi connectivity index (χ2v) is 3.94. The Morgan fingerprint density at radius 2 is 2.30 bits per heavy atom. The third-order valence-corrected chi connectivity index (χ3v) is 2.42. The van der Waals surface area contributed by atoms with Crippen LogP contribution in [0.15, 0.2) is 23.0 Å². The molecule has 2 N–H and O–H groups in total. The molecule has 2 rings (SSSR count). The second-order valence-electron chi connectivity index (χ2n) is 3.94. The van der Waals surface area contributed by atoms with Crippen LogP contribution < -0.4 is 10.6 Å². The molecule has 0 saturated heterocycles. The number of hydrogen-bond acceptors (Lipinski definition) is 8. The maximum absolute atomic E-state index is 10.9. The Balaban J connectivity index is 2.15. The molecular formula is C11H14N6O3. The van der Waals surface area contributed by atoms with Crippen molar-refractivity contribution in [1.29, 1.82) is 0 Å². The van der Waals surface area contributed by atoms with Crippen molar-refractivity contribution in [2.24, 2.45) is 0 Å². The average Bonchev–Trinajstić information content (AvgIpc) is 2.96. The van der Waals surface area contributed by atoms with Gasteiger partial charge in [0.25, 0.3) is 0 Å². The van der Waals surface area contributed by atoms with Gasteiger partial charge in [0.1, 0.15) is 6.20 Å². The van der Waals surface area contributed by atoms with Crippen molar-refractivity contribution in [1.82, 2.24) is 15.1 Å². The van der Waals surface area contributed by atoms with Gasteiger partial charge in [0, 0.05) is 12.6 Å². The second kappa shape index (κ2) is 6.45. The lowest BCUT2D eigenvalue weighted by atomic mass is 10.4. The van der Waals surface area contributed by atoms with E-state index in [2.05, 4.69) is 25.8 Å². The molecular weight excluding hydrogens is 264 g/mol. The third kappa shape index (κ3) is 3.40. The minimum atomic E-state index is -0.535. The van der Waals surface area contributed by atoms with Crippen molar-refractivity contribution in [2.75, 3.05) is 17.2 Å². The SMILES string of the molecule is CCCNc1ncc([N+](=O)[O-])c(NCc2ccno2)n1. The highest BCUT2D eigenvalue weighted by Gasteiger charge is 2.17. The number of aromatic nitrogens is 3. The van der Waals surface area contributed by atoms with Crippen LogP contribution in [0.25, 0.3) is 0 Å². The molecule has 0 saturated carbocycles. The number of nitrogens with one attached hydrogen (secondary N) is 2. The number of rotatable bonds is 7. The Morgan fingerprint density at radius 3 is 2.95 bits per heavy atom. The quantitative estimate of drug-likeness (QED) is 0.581. The summed E-state index contributed by atoms with van der Waals surface area (Å²) in [5, 5.41) is 20.3. The molecule has 2 heterocycles. The van der Waals surface area contributed by atoms with E-state index in [4.69, 9.17) is 4.52 Å². The average molecular weight is 278 g/mol. The summed E-state index contributed by atoms with van der Waals surface area (Å²) >= 11 is 0. The van der Waals surface area contributed by atoms with Crippen LogP contribution in [0.5, 0.6) is 0 Å². The molecule has 2 aromatic heterocycles. The van der Waals surface area contributed by atoms with E-state index in [1.807, 2.05) is 6.92 Å². The van der Waals surface area contributed by atoms with Crippen LogP contribution >= 0.6 is 0 Å². The Bertz CT molecular complexity index is 572. The first-order chi connectivity index (χ1) is 9.70. The molecule has 0 amide bonds. The van der Waals surface area contributed by atoms with E-state index in [1.54, 1.807) is 6.07 Å². The Labute approximate surface area is 114 Å². The highest BCUT2D eigenvalue weighted by atomic mass is 16.6. The van der Waals surface area contributed by atoms with Crippen LogP contribution in [0.1, 0.15) is 19.1 Å². The summed E-state index contributed by atoms with van der Waals surface area (Å²) in [5.74, 6) is 1.04. The van der Waals surface area contributed by atoms with Gasteiger partial charge in [-0.25, -0.2) is 4.98 Å². The summed E-state index contributed by atoms with van der Waals surface area (Å²) in [4.78, 5) is 18.4. The molecule has 0 aromatic carbocycles. The number of anilines is 2. The monoisotopic (exact) mass is 278 g/mol. The molecule has 0 fully saturated rings. The van der Waals surface area contributed by atoms with Gasteiger partial charge in [-0.05, 0) is 6.42 Å². The zero-order valence-corrected chi connectivity index (χ0v) is 10.9. The maximum Gasteiger partial charge on any atom is 0.329 e. The van der Waals surface area contributed by atoms with Gasteiger partial charge in [0.15, 0.2) is 5.76 Å². The van der Waals surface area contributed by atoms with E-state index in [-0.39, 0.29) is 18.1 Å². The number of nitro groups is 1. The Morgan fingerprint density at radius 1 is 1.45 bits per heavy atom. The molecule has 9 nitrogen and oxygen atoms in total. The van der Waals surface area contributed by atoms with Crippen LogP contribution in [0.3, 0.4) is 0 Å². The lowest BCUT2D eigenvalue weighted by Crippen LogP contribution is -2.09. The highest BCUT2D eigenvalue weighted by Crippen LogP contribution is 2.22. The molecule has 2 aromatic rings. The molecule has 0 aliphatic carbocycles. The Kier molecular flexibility index (Phi) is 4.43. The lowest BCUT2D eigenvalue weighted by molar-refractivity contribution is -0.384. The molecule has 0 aliphatic rings. The lowest BCUT2D eigenvalue weighted by Gasteiger charge is -2.07. The summed E-state index contributed by atoms with van der Waals surface area (Å²) in [7, 11) is 0. The predicted molar refractivity (Wildman–Crippen MR) is 71.3 cm³/mol. The van der Waals surface area contributed by atoms with Gasteiger partial charge in [0.05, 0.1) is 17.7 Å². The van der Waals surface area contributed by atoms with E-state index >= 15 is 0 Å². The van der Waals surface area contributed by atoms with Crippen molar-refractivity contribution in [3.05, 3.63) is 34.3 Å². The third-order valence-electron chi connectivity index (χ3n) is 2.42. The molecule has 106 valence electrons. The van der Waals surface area contributed by atoms with Crippen molar-refractivity contribution in [3.63, 3.8) is 0 Å². The van der Waals surface area contributed by atoms with Gasteiger partial charge >= 0.3 is 5.69 Å². The molecule has 0 radical (unpaired) electrons. The Hall–Kier alpha value is -2.71. The van der Waals surface area contributed by atoms with Gasteiger partial charge in [-0.1, -0.05) is 12.1 Å². The summed E-state index contributed by atoms with van der Waals surface area (Å²) in [6, 6.07) is 1.66. The van der Waals surface area contributed by atoms with Gasteiger partial charge in [0.2, 0.25) is 11.8 Å². The van der Waals surface area contributed by atoms with Crippen LogP contribution in [0.2, 0.25) is 0 Å². The topological polar surface area (TPSA) is 119 Å². The first-order valence-electron chi connectivity index (χ1n) is 6.09. The fourth-order valence-corrected chi connectivity index (χ4v) is 1.47. The van der Waals surface area contributed by atoms with Crippen molar-refractivity contribution in [3.8, 4) is 0 Å². The van der Waals surface area contributed by atoms with Crippen LogP contribution in [0, 0.1) is 10.1 Å². The standard InChI is InChI=1S/C11H14N6O3/c1-2-4-12-11-14-7-9(17(18)19)10(16-11)13-6-8-3-5-15-20-8/h3,5,7H,2,4,6H2,1H3,(H2,12,13,14,16). The minimum Gasteiger partial charge on any atom is -0.360 e. The smallest absolute Gasteiger partial charge is 0.329 e. The molecule has 20 heavy (non-hydrogen) atoms. The largest absolute Gasteiger partial charge is 0.360 e. The zero-order valence-electron chi connectivity index (χ0n) is 10.9. The van der Waals surface area contributed by atoms with Gasteiger partial charge in [-0.2, -0.15) is 4.98 Å². The van der Waals surface area contributed by atoms with Gasteiger partial charge in [-0.15, -0.1) is 0 Å². The van der Waals surface area contributed by atoms with E-state index in [0.29, 0.717) is 18.3 Å². The fraction of sp³-hybridized carbons (Fsp3) is 0.364. The first kappa shape index (κ1) is 13.7. The molecule has 0 aliphatic heterocycles. The molecule has 0 spiro atoms. The van der Waals surface area contributed by atoms with Gasteiger partial charge < -0.3 is 15.2 Å². The fourth-order valence-electron chi connectivity index (χ4n) is 1.47. The first-order valence-corrected chi connectivity index (χ1v) is 6.09. The molecule has 0 unspecified atom stereocenters. The van der Waals surface area contributed by atoms with Crippen molar-refractivity contribution >= 4 is 17.5 Å². The van der Waals surface area contributed by atoms with Gasteiger partial charge in [-0.3, -0.25) is 10.1 Å². The number of nitrogens with zero attached hydrogens (tertiary/aromatic N) is 4. The van der Waals surface area contributed by atoms with E-state index in [1.165, 1.54) is 12.4 Å². The maximum atomic E-state index is 10.9. The summed E-state index contributed by atoms with van der Waals surface area (Å²) in [6.45, 7) is 2.95. The van der Waals surface area contributed by atoms with Crippen LogP contribution in [-0.2, 0) is 6.54 Å². The molecule has 9 heteroatoms.